The van der Waals surface area contributed by atoms with Crippen LogP contribution in [-0.2, 0) is 5.54 Å². The molecule has 0 amide bonds. The van der Waals surface area contributed by atoms with Crippen molar-refractivity contribution >= 4 is 5.69 Å². The number of hydrogen-bond donors (Lipinski definition) is 1. The van der Waals surface area contributed by atoms with Gasteiger partial charge in [0.25, 0.3) is 0 Å². The number of benzene rings is 1. The standard InChI is InChI=1S/C14H21FN2/c1-17(2)12-8-6-7-11(15)13(12)14(16)9-4-3-5-10-14/h6-8H,3-5,9-10,16H2,1-2H3. The van der Waals surface area contributed by atoms with Gasteiger partial charge in [0.2, 0.25) is 0 Å². The molecule has 0 unspecified atom stereocenters. The van der Waals surface area contributed by atoms with E-state index < -0.39 is 5.54 Å². The second-order valence-electron chi connectivity index (χ2n) is 5.25. The third kappa shape index (κ3) is 2.29. The van der Waals surface area contributed by atoms with Crippen LogP contribution in [0.4, 0.5) is 10.1 Å². The van der Waals surface area contributed by atoms with E-state index in [4.69, 9.17) is 5.73 Å². The molecule has 0 aliphatic heterocycles. The van der Waals surface area contributed by atoms with Gasteiger partial charge in [0.05, 0.1) is 0 Å². The summed E-state index contributed by atoms with van der Waals surface area (Å²) in [7, 11) is 3.87. The number of halogens is 1. The van der Waals surface area contributed by atoms with Crippen LogP contribution in [-0.4, -0.2) is 14.1 Å². The van der Waals surface area contributed by atoms with Crippen molar-refractivity contribution in [2.24, 2.45) is 5.73 Å². The first-order valence-corrected chi connectivity index (χ1v) is 6.30. The molecule has 1 aliphatic carbocycles. The Labute approximate surface area is 103 Å². The Kier molecular flexibility index (Phi) is 3.38. The van der Waals surface area contributed by atoms with E-state index in [1.54, 1.807) is 6.07 Å². The zero-order valence-electron chi connectivity index (χ0n) is 10.7. The largest absolute Gasteiger partial charge is 0.377 e. The summed E-state index contributed by atoms with van der Waals surface area (Å²) in [6.45, 7) is 0. The lowest BCUT2D eigenvalue weighted by atomic mass is 9.76. The molecule has 0 saturated heterocycles. The maximum absolute atomic E-state index is 14.1. The molecule has 0 spiro atoms. The van der Waals surface area contributed by atoms with Crippen molar-refractivity contribution in [3.05, 3.63) is 29.6 Å². The molecule has 2 rings (SSSR count). The molecule has 2 nitrogen and oxygen atoms in total. The number of nitrogens with two attached hydrogens (primary N) is 1. The van der Waals surface area contributed by atoms with Gasteiger partial charge in [-0.15, -0.1) is 0 Å². The van der Waals surface area contributed by atoms with Crippen LogP contribution in [0.1, 0.15) is 37.7 Å². The highest BCUT2D eigenvalue weighted by Crippen LogP contribution is 2.40. The van der Waals surface area contributed by atoms with Gasteiger partial charge in [-0.3, -0.25) is 0 Å². The fraction of sp³-hybridized carbons (Fsp3) is 0.571. The summed E-state index contributed by atoms with van der Waals surface area (Å²) in [5, 5.41) is 0. The summed E-state index contributed by atoms with van der Waals surface area (Å²) in [6.07, 6.45) is 5.17. The highest BCUT2D eigenvalue weighted by molar-refractivity contribution is 5.56. The molecule has 2 N–H and O–H groups in total. The van der Waals surface area contributed by atoms with Gasteiger partial charge in [0.15, 0.2) is 0 Å². The minimum atomic E-state index is -0.483. The summed E-state index contributed by atoms with van der Waals surface area (Å²) >= 11 is 0. The lowest BCUT2D eigenvalue weighted by molar-refractivity contribution is 0.293. The minimum Gasteiger partial charge on any atom is -0.377 e. The van der Waals surface area contributed by atoms with Gasteiger partial charge in [-0.2, -0.15) is 0 Å². The molecule has 1 aliphatic rings. The van der Waals surface area contributed by atoms with Gasteiger partial charge in [-0.25, -0.2) is 4.39 Å². The maximum atomic E-state index is 14.1. The van der Waals surface area contributed by atoms with Crippen LogP contribution >= 0.6 is 0 Å². The number of anilines is 1. The molecule has 94 valence electrons. The second kappa shape index (κ2) is 4.65. The van der Waals surface area contributed by atoms with Gasteiger partial charge >= 0.3 is 0 Å². The number of nitrogens with zero attached hydrogens (tertiary/aromatic N) is 1. The van der Waals surface area contributed by atoms with E-state index >= 15 is 0 Å². The predicted octanol–water partition coefficient (Wildman–Crippen LogP) is 3.01. The Bertz CT molecular complexity index is 395. The topological polar surface area (TPSA) is 29.3 Å². The first-order chi connectivity index (χ1) is 8.04. The summed E-state index contributed by atoms with van der Waals surface area (Å²) in [5.74, 6) is -0.166. The number of rotatable bonds is 2. The average Bonchev–Trinajstić information content (AvgIpc) is 2.29. The van der Waals surface area contributed by atoms with Crippen molar-refractivity contribution in [2.75, 3.05) is 19.0 Å². The van der Waals surface area contributed by atoms with Crippen molar-refractivity contribution in [1.29, 1.82) is 0 Å². The normalized spacial score (nSPS) is 19.1. The highest BCUT2D eigenvalue weighted by atomic mass is 19.1. The van der Waals surface area contributed by atoms with Crippen molar-refractivity contribution in [2.45, 2.75) is 37.6 Å². The molecule has 0 bridgehead atoms. The first kappa shape index (κ1) is 12.4. The Balaban J connectivity index is 2.48. The van der Waals surface area contributed by atoms with Crippen LogP contribution in [0.25, 0.3) is 0 Å². The molecule has 0 heterocycles. The monoisotopic (exact) mass is 236 g/mol. The van der Waals surface area contributed by atoms with Crippen LogP contribution < -0.4 is 10.6 Å². The summed E-state index contributed by atoms with van der Waals surface area (Å²) in [4.78, 5) is 1.95. The molecular weight excluding hydrogens is 215 g/mol. The maximum Gasteiger partial charge on any atom is 0.130 e. The molecule has 0 atom stereocenters. The lowest BCUT2D eigenvalue weighted by Crippen LogP contribution is -2.40. The molecule has 3 heteroatoms. The zero-order valence-corrected chi connectivity index (χ0v) is 10.7. The van der Waals surface area contributed by atoms with Crippen molar-refractivity contribution in [1.82, 2.24) is 0 Å². The highest BCUT2D eigenvalue weighted by Gasteiger charge is 2.34. The molecule has 1 saturated carbocycles. The summed E-state index contributed by atoms with van der Waals surface area (Å²) in [5.41, 5.74) is 7.58. The smallest absolute Gasteiger partial charge is 0.130 e. The fourth-order valence-corrected chi connectivity index (χ4v) is 2.81. The molecule has 1 fully saturated rings. The summed E-state index contributed by atoms with van der Waals surface area (Å²) < 4.78 is 14.1. The third-order valence-corrected chi connectivity index (χ3v) is 3.72. The average molecular weight is 236 g/mol. The van der Waals surface area contributed by atoms with E-state index in [1.807, 2.05) is 25.1 Å². The van der Waals surface area contributed by atoms with Gasteiger partial charge < -0.3 is 10.6 Å². The van der Waals surface area contributed by atoms with Crippen molar-refractivity contribution < 1.29 is 4.39 Å². The Morgan fingerprint density at radius 3 is 2.41 bits per heavy atom. The van der Waals surface area contributed by atoms with E-state index in [2.05, 4.69) is 0 Å². The van der Waals surface area contributed by atoms with E-state index in [9.17, 15) is 4.39 Å². The van der Waals surface area contributed by atoms with Crippen LogP contribution in [0.2, 0.25) is 0 Å². The Morgan fingerprint density at radius 2 is 1.82 bits per heavy atom. The Hall–Kier alpha value is -1.09. The Morgan fingerprint density at radius 1 is 1.18 bits per heavy atom. The van der Waals surface area contributed by atoms with Gasteiger partial charge in [-0.05, 0) is 25.0 Å². The lowest BCUT2D eigenvalue weighted by Gasteiger charge is -2.36. The van der Waals surface area contributed by atoms with Crippen molar-refractivity contribution in [3.8, 4) is 0 Å². The van der Waals surface area contributed by atoms with Gasteiger partial charge in [-0.1, -0.05) is 25.3 Å². The van der Waals surface area contributed by atoms with Crippen LogP contribution in [0.3, 0.4) is 0 Å². The molecule has 1 aromatic carbocycles. The van der Waals surface area contributed by atoms with E-state index in [1.165, 1.54) is 12.5 Å². The minimum absolute atomic E-state index is 0.166. The number of hydrogen-bond acceptors (Lipinski definition) is 2. The predicted molar refractivity (Wildman–Crippen MR) is 69.7 cm³/mol. The zero-order chi connectivity index (χ0) is 12.5. The first-order valence-electron chi connectivity index (χ1n) is 6.30. The molecular formula is C14H21FN2. The molecule has 17 heavy (non-hydrogen) atoms. The third-order valence-electron chi connectivity index (χ3n) is 3.72. The van der Waals surface area contributed by atoms with Crippen LogP contribution in [0.5, 0.6) is 0 Å². The molecule has 0 radical (unpaired) electrons. The second-order valence-corrected chi connectivity index (χ2v) is 5.25. The van der Waals surface area contributed by atoms with Gasteiger partial charge in [0.1, 0.15) is 5.82 Å². The molecule has 0 aromatic heterocycles. The fourth-order valence-electron chi connectivity index (χ4n) is 2.81. The van der Waals surface area contributed by atoms with E-state index in [0.29, 0.717) is 5.56 Å². The van der Waals surface area contributed by atoms with Gasteiger partial charge in [0, 0.05) is 30.9 Å². The van der Waals surface area contributed by atoms with Crippen LogP contribution in [0, 0.1) is 5.82 Å². The van der Waals surface area contributed by atoms with E-state index in [0.717, 1.165) is 31.4 Å². The van der Waals surface area contributed by atoms with E-state index in [-0.39, 0.29) is 5.82 Å². The summed E-state index contributed by atoms with van der Waals surface area (Å²) in [6, 6.07) is 5.22. The quantitative estimate of drug-likeness (QED) is 0.855. The molecule has 1 aromatic rings. The SMILES string of the molecule is CN(C)c1cccc(F)c1C1(N)CCCCC1. The van der Waals surface area contributed by atoms with Crippen molar-refractivity contribution in [3.63, 3.8) is 0 Å². The van der Waals surface area contributed by atoms with Crippen LogP contribution in [0.15, 0.2) is 18.2 Å².